The Morgan fingerprint density at radius 2 is 2.03 bits per heavy atom. The predicted molar refractivity (Wildman–Crippen MR) is 124 cm³/mol. The molecule has 0 radical (unpaired) electrons. The summed E-state index contributed by atoms with van der Waals surface area (Å²) in [6.07, 6.45) is 1.09. The van der Waals surface area contributed by atoms with Crippen molar-refractivity contribution < 1.29 is 24.2 Å². The zero-order chi connectivity index (χ0) is 25.1. The lowest BCUT2D eigenvalue weighted by Gasteiger charge is -2.45. The first-order valence-corrected chi connectivity index (χ1v) is 11.2. The first-order chi connectivity index (χ1) is 16.6. The third kappa shape index (κ3) is 3.72. The van der Waals surface area contributed by atoms with Crippen LogP contribution < -0.4 is 15.6 Å². The molecule has 0 aliphatic carbocycles. The lowest BCUT2D eigenvalue weighted by molar-refractivity contribution is -0.136. The van der Waals surface area contributed by atoms with E-state index in [9.17, 15) is 24.6 Å². The van der Waals surface area contributed by atoms with Crippen molar-refractivity contribution in [2.75, 3.05) is 23.3 Å². The molecule has 14 heteroatoms. The maximum Gasteiger partial charge on any atom is 0.341 e. The number of aromatic carboxylic acids is 1. The average Bonchev–Trinajstić information content (AvgIpc) is 3.41. The first-order valence-electron chi connectivity index (χ1n) is 10.2. The summed E-state index contributed by atoms with van der Waals surface area (Å²) in [4.78, 5) is 46.6. The van der Waals surface area contributed by atoms with Crippen LogP contribution in [0.15, 0.2) is 34.0 Å². The Morgan fingerprint density at radius 1 is 1.29 bits per heavy atom. The van der Waals surface area contributed by atoms with Gasteiger partial charge in [-0.3, -0.25) is 18.8 Å². The van der Waals surface area contributed by atoms with Crippen molar-refractivity contribution in [1.29, 1.82) is 0 Å². The Hall–Kier alpha value is -4.17. The highest BCUT2D eigenvalue weighted by Gasteiger charge is 2.49. The largest absolute Gasteiger partial charge is 0.477 e. The number of thiazole rings is 1. The summed E-state index contributed by atoms with van der Waals surface area (Å²) < 4.78 is 17.9. The number of carbonyl (C=O) groups is 2. The Kier molecular flexibility index (Phi) is 5.14. The van der Waals surface area contributed by atoms with Crippen molar-refractivity contribution in [3.05, 3.63) is 56.5 Å². The number of anilines is 2. The molecular formula is C21H18FN7O5S. The second-order valence-electron chi connectivity index (χ2n) is 8.19. The molecule has 0 unspecified atom stereocenters. The number of β-amino-alcohol motifs (C(OH)–C–C–N with tert-alkyl or cyclic N) is 1. The van der Waals surface area contributed by atoms with Crippen molar-refractivity contribution >= 4 is 45.9 Å². The van der Waals surface area contributed by atoms with Gasteiger partial charge in [0.1, 0.15) is 11.4 Å². The van der Waals surface area contributed by atoms with Crippen LogP contribution in [0, 0.1) is 12.7 Å². The number of aliphatic hydroxyl groups is 1. The molecule has 4 aromatic heterocycles. The molecule has 12 nitrogen and oxygen atoms in total. The molecule has 4 aromatic rings. The number of aryl methyl sites for hydroxylation is 2. The van der Waals surface area contributed by atoms with Crippen LogP contribution in [0.2, 0.25) is 0 Å². The molecule has 1 aliphatic heterocycles. The molecule has 1 aliphatic rings. The van der Waals surface area contributed by atoms with Crippen molar-refractivity contribution in [2.45, 2.75) is 12.5 Å². The van der Waals surface area contributed by atoms with Gasteiger partial charge in [0.05, 0.1) is 24.0 Å². The number of halogens is 1. The number of hydrogen-bond donors (Lipinski definition) is 3. The molecule has 5 rings (SSSR count). The number of carboxylic acid groups (broad SMARTS) is 1. The predicted octanol–water partition coefficient (Wildman–Crippen LogP) is 0.911. The summed E-state index contributed by atoms with van der Waals surface area (Å²) in [6, 6.07) is 2.55. The molecule has 1 fully saturated rings. The Labute approximate surface area is 199 Å². The van der Waals surface area contributed by atoms with Gasteiger partial charge in [0.15, 0.2) is 28.7 Å². The number of rotatable bonds is 5. The van der Waals surface area contributed by atoms with Crippen LogP contribution in [0.4, 0.5) is 16.0 Å². The van der Waals surface area contributed by atoms with E-state index in [0.29, 0.717) is 5.82 Å². The van der Waals surface area contributed by atoms with Crippen LogP contribution in [0.1, 0.15) is 16.1 Å². The molecule has 0 aromatic carbocycles. The van der Waals surface area contributed by atoms with Crippen LogP contribution in [-0.4, -0.2) is 65.1 Å². The van der Waals surface area contributed by atoms with E-state index in [2.05, 4.69) is 20.4 Å². The monoisotopic (exact) mass is 499 g/mol. The lowest BCUT2D eigenvalue weighted by atomic mass is 9.93. The molecule has 180 valence electrons. The van der Waals surface area contributed by atoms with E-state index < -0.39 is 34.3 Å². The summed E-state index contributed by atoms with van der Waals surface area (Å²) >= 11 is 1.24. The fourth-order valence-electron chi connectivity index (χ4n) is 3.82. The Morgan fingerprint density at radius 3 is 2.63 bits per heavy atom. The zero-order valence-electron chi connectivity index (χ0n) is 18.4. The van der Waals surface area contributed by atoms with E-state index in [-0.39, 0.29) is 35.8 Å². The van der Waals surface area contributed by atoms with Crippen molar-refractivity contribution in [2.24, 2.45) is 7.05 Å². The van der Waals surface area contributed by atoms with Gasteiger partial charge >= 0.3 is 5.97 Å². The minimum absolute atomic E-state index is 0.00819. The van der Waals surface area contributed by atoms with Gasteiger partial charge in [0.2, 0.25) is 5.43 Å². The van der Waals surface area contributed by atoms with Crippen LogP contribution in [0.25, 0.3) is 16.9 Å². The van der Waals surface area contributed by atoms with Gasteiger partial charge in [-0.05, 0) is 13.0 Å². The van der Waals surface area contributed by atoms with Crippen molar-refractivity contribution in [3.63, 3.8) is 0 Å². The van der Waals surface area contributed by atoms with Gasteiger partial charge in [0.25, 0.3) is 5.91 Å². The molecule has 3 N–H and O–H groups in total. The van der Waals surface area contributed by atoms with E-state index in [1.807, 2.05) is 0 Å². The molecule has 35 heavy (non-hydrogen) atoms. The van der Waals surface area contributed by atoms with Gasteiger partial charge in [-0.25, -0.2) is 19.2 Å². The van der Waals surface area contributed by atoms with Crippen LogP contribution >= 0.6 is 11.3 Å². The van der Waals surface area contributed by atoms with E-state index in [1.54, 1.807) is 30.1 Å². The molecule has 1 saturated heterocycles. The normalized spacial score (nSPS) is 14.7. The second kappa shape index (κ2) is 7.95. The number of carbonyl (C=O) groups excluding carboxylic acids is 1. The SMILES string of the molecule is Cc1cc(NC(=O)C2(O)CN(c3nc4c(cc3F)c(=O)c(C(=O)O)cn4-c3cscn3)C2)nn1C. The molecule has 0 saturated carbocycles. The van der Waals surface area contributed by atoms with Crippen LogP contribution in [-0.2, 0) is 11.8 Å². The van der Waals surface area contributed by atoms with Crippen LogP contribution in [0.3, 0.4) is 0 Å². The standard InChI is InChI=1S/C21H18FN7O5S/c1-10-3-14(26-27(10)2)24-20(33)21(34)7-28(8-21)18-13(22)4-11-16(30)12(19(31)32)5-29(17(11)25-18)15-6-35-9-23-15/h3-6,9,34H,7-8H2,1-2H3,(H,31,32)(H,24,26,33). The maximum absolute atomic E-state index is 15.0. The highest BCUT2D eigenvalue weighted by molar-refractivity contribution is 7.07. The molecular weight excluding hydrogens is 481 g/mol. The van der Waals surface area contributed by atoms with Gasteiger partial charge in [-0.15, -0.1) is 11.3 Å². The quantitative estimate of drug-likeness (QED) is 0.363. The number of carboxylic acids is 1. The third-order valence-corrected chi connectivity index (χ3v) is 6.37. The topological polar surface area (TPSA) is 155 Å². The maximum atomic E-state index is 15.0. The number of pyridine rings is 2. The molecule has 0 atom stereocenters. The van der Waals surface area contributed by atoms with E-state index in [4.69, 9.17) is 0 Å². The Balaban J connectivity index is 1.49. The lowest BCUT2D eigenvalue weighted by Crippen LogP contribution is -2.68. The van der Waals surface area contributed by atoms with Gasteiger partial charge < -0.3 is 20.4 Å². The minimum atomic E-state index is -1.81. The van der Waals surface area contributed by atoms with E-state index in [0.717, 1.165) is 18.0 Å². The number of amides is 1. The summed E-state index contributed by atoms with van der Waals surface area (Å²) in [5, 5.41) is 28.2. The fourth-order valence-corrected chi connectivity index (χ4v) is 4.35. The fraction of sp³-hybridized carbons (Fsp3) is 0.238. The zero-order valence-corrected chi connectivity index (χ0v) is 19.2. The molecule has 1 amide bonds. The van der Waals surface area contributed by atoms with Gasteiger partial charge in [-0.1, -0.05) is 0 Å². The third-order valence-electron chi connectivity index (χ3n) is 5.79. The molecule has 0 spiro atoms. The number of aromatic nitrogens is 5. The van der Waals surface area contributed by atoms with Crippen molar-refractivity contribution in [3.8, 4) is 5.82 Å². The number of nitrogens with zero attached hydrogens (tertiary/aromatic N) is 6. The van der Waals surface area contributed by atoms with E-state index in [1.165, 1.54) is 26.3 Å². The summed E-state index contributed by atoms with van der Waals surface area (Å²) in [6.45, 7) is 1.30. The van der Waals surface area contributed by atoms with E-state index >= 15 is 4.39 Å². The average molecular weight is 499 g/mol. The highest BCUT2D eigenvalue weighted by atomic mass is 32.1. The van der Waals surface area contributed by atoms with Gasteiger partial charge in [-0.2, -0.15) is 5.10 Å². The van der Waals surface area contributed by atoms with Crippen LogP contribution in [0.5, 0.6) is 0 Å². The second-order valence-corrected chi connectivity index (χ2v) is 8.91. The summed E-state index contributed by atoms with van der Waals surface area (Å²) in [7, 11) is 1.71. The number of hydrogen-bond acceptors (Lipinski definition) is 9. The Bertz CT molecular complexity index is 1540. The van der Waals surface area contributed by atoms with Gasteiger partial charge in [0, 0.05) is 30.4 Å². The molecule has 5 heterocycles. The number of nitrogens with one attached hydrogen (secondary N) is 1. The number of fused-ring (bicyclic) bond motifs is 1. The summed E-state index contributed by atoms with van der Waals surface area (Å²) in [5.74, 6) is -2.68. The first kappa shape index (κ1) is 22.6. The van der Waals surface area contributed by atoms with Crippen molar-refractivity contribution in [1.82, 2.24) is 24.3 Å². The highest BCUT2D eigenvalue weighted by Crippen LogP contribution is 2.31. The summed E-state index contributed by atoms with van der Waals surface area (Å²) in [5.41, 5.74) is -0.938. The molecule has 0 bridgehead atoms. The smallest absolute Gasteiger partial charge is 0.341 e. The minimum Gasteiger partial charge on any atom is -0.477 e.